The van der Waals surface area contributed by atoms with Crippen molar-refractivity contribution in [2.24, 2.45) is 0 Å². The molecule has 21 heavy (non-hydrogen) atoms. The molecule has 2 unspecified atom stereocenters. The number of hydrogen-bond donors (Lipinski definition) is 2. The summed E-state index contributed by atoms with van der Waals surface area (Å²) in [5, 5.41) is 13.0. The van der Waals surface area contributed by atoms with Gasteiger partial charge in [0.25, 0.3) is 0 Å². The van der Waals surface area contributed by atoms with Crippen molar-refractivity contribution < 1.29 is 14.6 Å². The van der Waals surface area contributed by atoms with Gasteiger partial charge in [-0.3, -0.25) is 0 Å². The van der Waals surface area contributed by atoms with E-state index in [-0.39, 0.29) is 6.10 Å². The van der Waals surface area contributed by atoms with Gasteiger partial charge in [0.1, 0.15) is 17.6 Å². The molecule has 0 aliphatic rings. The molecule has 0 aliphatic heterocycles. The largest absolute Gasteiger partial charge is 0.493 e. The van der Waals surface area contributed by atoms with Gasteiger partial charge in [0.2, 0.25) is 0 Å². The van der Waals surface area contributed by atoms with Gasteiger partial charge < -0.3 is 19.9 Å². The van der Waals surface area contributed by atoms with Crippen molar-refractivity contribution in [2.45, 2.75) is 59.3 Å². The Kier molecular flexibility index (Phi) is 8.16. The molecule has 4 heteroatoms. The first-order chi connectivity index (χ1) is 10.1. The predicted molar refractivity (Wildman–Crippen MR) is 86.0 cm³/mol. The number of hydrogen-bond acceptors (Lipinski definition) is 4. The maximum atomic E-state index is 9.63. The van der Waals surface area contributed by atoms with Crippen molar-refractivity contribution in [3.8, 4) is 11.5 Å². The Morgan fingerprint density at radius 1 is 1.19 bits per heavy atom. The molecule has 1 aromatic rings. The van der Waals surface area contributed by atoms with E-state index in [2.05, 4.69) is 19.2 Å². The van der Waals surface area contributed by atoms with Gasteiger partial charge in [-0.1, -0.05) is 19.9 Å². The van der Waals surface area contributed by atoms with Gasteiger partial charge in [-0.15, -0.1) is 0 Å². The zero-order valence-corrected chi connectivity index (χ0v) is 13.7. The van der Waals surface area contributed by atoms with E-state index in [1.54, 1.807) is 6.92 Å². The molecule has 0 bridgehead atoms. The summed E-state index contributed by atoms with van der Waals surface area (Å²) in [7, 11) is 0. The first-order valence-electron chi connectivity index (χ1n) is 7.89. The van der Waals surface area contributed by atoms with Gasteiger partial charge in [-0.05, 0) is 39.3 Å². The Balaban J connectivity index is 2.83. The zero-order valence-electron chi connectivity index (χ0n) is 13.7. The lowest BCUT2D eigenvalue weighted by atomic mass is 10.1. The number of rotatable bonds is 10. The van der Waals surface area contributed by atoms with Crippen LogP contribution in [0.15, 0.2) is 18.2 Å². The van der Waals surface area contributed by atoms with E-state index in [9.17, 15) is 5.11 Å². The highest BCUT2D eigenvalue weighted by Crippen LogP contribution is 2.26. The standard InChI is InChI=1S/C17H29NO3/c1-5-9-18-12-15-7-8-16(20-10-6-2)11-17(15)21-14(4)13(3)19/h7-8,11,13-14,18-19H,5-6,9-10,12H2,1-4H3. The smallest absolute Gasteiger partial charge is 0.128 e. The Bertz CT molecular complexity index is 407. The van der Waals surface area contributed by atoms with Crippen molar-refractivity contribution in [3.05, 3.63) is 23.8 Å². The second kappa shape index (κ2) is 9.64. The average molecular weight is 295 g/mol. The Labute approximate surface area is 128 Å². The zero-order chi connectivity index (χ0) is 15.7. The molecule has 0 fully saturated rings. The van der Waals surface area contributed by atoms with Gasteiger partial charge in [0.05, 0.1) is 12.7 Å². The highest BCUT2D eigenvalue weighted by atomic mass is 16.5. The van der Waals surface area contributed by atoms with E-state index in [1.165, 1.54) is 0 Å². The lowest BCUT2D eigenvalue weighted by molar-refractivity contribution is 0.0595. The third-order valence-corrected chi connectivity index (χ3v) is 3.25. The summed E-state index contributed by atoms with van der Waals surface area (Å²) in [4.78, 5) is 0. The third kappa shape index (κ3) is 6.36. The normalized spacial score (nSPS) is 13.8. The molecular weight excluding hydrogens is 266 g/mol. The maximum Gasteiger partial charge on any atom is 0.128 e. The van der Waals surface area contributed by atoms with Crippen LogP contribution in [0, 0.1) is 0 Å². The molecule has 0 spiro atoms. The summed E-state index contributed by atoms with van der Waals surface area (Å²) >= 11 is 0. The molecule has 0 heterocycles. The van der Waals surface area contributed by atoms with Crippen LogP contribution in [0.3, 0.4) is 0 Å². The molecule has 1 aromatic carbocycles. The average Bonchev–Trinajstić information content (AvgIpc) is 2.47. The van der Waals surface area contributed by atoms with Gasteiger partial charge in [-0.25, -0.2) is 0 Å². The minimum Gasteiger partial charge on any atom is -0.493 e. The van der Waals surface area contributed by atoms with Crippen LogP contribution >= 0.6 is 0 Å². The van der Waals surface area contributed by atoms with Crippen LogP contribution < -0.4 is 14.8 Å². The summed E-state index contributed by atoms with van der Waals surface area (Å²) in [6.07, 6.45) is 1.30. The van der Waals surface area contributed by atoms with Crippen LogP contribution in [-0.2, 0) is 6.54 Å². The second-order valence-corrected chi connectivity index (χ2v) is 5.36. The summed E-state index contributed by atoms with van der Waals surface area (Å²) in [6.45, 7) is 10.2. The quantitative estimate of drug-likeness (QED) is 0.651. The Morgan fingerprint density at radius 2 is 1.95 bits per heavy atom. The van der Waals surface area contributed by atoms with Crippen LogP contribution in [0.4, 0.5) is 0 Å². The van der Waals surface area contributed by atoms with Gasteiger partial charge >= 0.3 is 0 Å². The highest BCUT2D eigenvalue weighted by molar-refractivity contribution is 5.41. The molecular formula is C17H29NO3. The lowest BCUT2D eigenvalue weighted by Gasteiger charge is -2.20. The van der Waals surface area contributed by atoms with E-state index in [0.717, 1.165) is 43.0 Å². The fourth-order valence-corrected chi connectivity index (χ4v) is 1.80. The lowest BCUT2D eigenvalue weighted by Crippen LogP contribution is -2.26. The topological polar surface area (TPSA) is 50.7 Å². The predicted octanol–water partition coefficient (Wildman–Crippen LogP) is 3.12. The first-order valence-corrected chi connectivity index (χ1v) is 7.89. The highest BCUT2D eigenvalue weighted by Gasteiger charge is 2.14. The molecule has 1 rings (SSSR count). The van der Waals surface area contributed by atoms with Crippen LogP contribution in [0.25, 0.3) is 0 Å². The molecule has 0 aliphatic carbocycles. The minimum atomic E-state index is -0.512. The van der Waals surface area contributed by atoms with Crippen LogP contribution in [-0.4, -0.2) is 30.5 Å². The fourth-order valence-electron chi connectivity index (χ4n) is 1.80. The maximum absolute atomic E-state index is 9.63. The van der Waals surface area contributed by atoms with Gasteiger partial charge in [-0.2, -0.15) is 0 Å². The van der Waals surface area contributed by atoms with Crippen LogP contribution in [0.1, 0.15) is 46.1 Å². The van der Waals surface area contributed by atoms with E-state index < -0.39 is 6.10 Å². The summed E-state index contributed by atoms with van der Waals surface area (Å²) < 4.78 is 11.5. The molecule has 0 saturated carbocycles. The van der Waals surface area contributed by atoms with Crippen molar-refractivity contribution >= 4 is 0 Å². The van der Waals surface area contributed by atoms with E-state index in [1.807, 2.05) is 25.1 Å². The molecule has 4 nitrogen and oxygen atoms in total. The van der Waals surface area contributed by atoms with Crippen molar-refractivity contribution in [1.29, 1.82) is 0 Å². The van der Waals surface area contributed by atoms with Crippen LogP contribution in [0.2, 0.25) is 0 Å². The molecule has 0 radical (unpaired) electrons. The number of benzene rings is 1. The SMILES string of the molecule is CCCNCc1ccc(OCCC)cc1OC(C)C(C)O. The first kappa shape index (κ1) is 17.8. The van der Waals surface area contributed by atoms with Crippen molar-refractivity contribution in [1.82, 2.24) is 5.32 Å². The van der Waals surface area contributed by atoms with Crippen molar-refractivity contribution in [3.63, 3.8) is 0 Å². The van der Waals surface area contributed by atoms with E-state index in [4.69, 9.17) is 9.47 Å². The monoisotopic (exact) mass is 295 g/mol. The molecule has 0 aromatic heterocycles. The minimum absolute atomic E-state index is 0.253. The third-order valence-electron chi connectivity index (χ3n) is 3.25. The number of ether oxygens (including phenoxy) is 2. The second-order valence-electron chi connectivity index (χ2n) is 5.36. The fraction of sp³-hybridized carbons (Fsp3) is 0.647. The summed E-state index contributed by atoms with van der Waals surface area (Å²) in [5.74, 6) is 1.59. The molecule has 120 valence electrons. The Hall–Kier alpha value is -1.26. The summed E-state index contributed by atoms with van der Waals surface area (Å²) in [5.41, 5.74) is 1.08. The number of aliphatic hydroxyl groups excluding tert-OH is 1. The summed E-state index contributed by atoms with van der Waals surface area (Å²) in [6, 6.07) is 5.91. The van der Waals surface area contributed by atoms with Crippen molar-refractivity contribution in [2.75, 3.05) is 13.2 Å². The van der Waals surface area contributed by atoms with Crippen LogP contribution in [0.5, 0.6) is 11.5 Å². The Morgan fingerprint density at radius 3 is 2.57 bits per heavy atom. The van der Waals surface area contributed by atoms with E-state index >= 15 is 0 Å². The molecule has 0 amide bonds. The van der Waals surface area contributed by atoms with Gasteiger partial charge in [0.15, 0.2) is 0 Å². The molecule has 2 N–H and O–H groups in total. The molecule has 0 saturated heterocycles. The van der Waals surface area contributed by atoms with E-state index in [0.29, 0.717) is 6.61 Å². The number of aliphatic hydroxyl groups is 1. The molecule has 2 atom stereocenters. The number of nitrogens with one attached hydrogen (secondary N) is 1. The van der Waals surface area contributed by atoms with Gasteiger partial charge in [0, 0.05) is 18.2 Å².